The Kier molecular flexibility index (Phi) is 6.40. The first kappa shape index (κ1) is 17.0. The normalized spacial score (nSPS) is 20.8. The minimum absolute atomic E-state index is 0.0141. The molecule has 2 N–H and O–H groups in total. The summed E-state index contributed by atoms with van der Waals surface area (Å²) in [5.74, 6) is 0.485. The summed E-state index contributed by atoms with van der Waals surface area (Å²) in [5.41, 5.74) is 1.11. The third-order valence-electron chi connectivity index (χ3n) is 4.29. The van der Waals surface area contributed by atoms with Crippen molar-refractivity contribution in [3.8, 4) is 0 Å². The monoisotopic (exact) mass is 305 g/mol. The maximum absolute atomic E-state index is 12.2. The number of aliphatic hydroxyl groups is 1. The Hall–Kier alpha value is -1.39. The molecule has 1 amide bonds. The molecule has 1 heterocycles. The van der Waals surface area contributed by atoms with Gasteiger partial charge in [0.15, 0.2) is 0 Å². The zero-order valence-corrected chi connectivity index (χ0v) is 13.5. The summed E-state index contributed by atoms with van der Waals surface area (Å²) < 4.78 is 5.44. The summed E-state index contributed by atoms with van der Waals surface area (Å²) in [4.78, 5) is 12.2. The van der Waals surface area contributed by atoms with Crippen molar-refractivity contribution >= 4 is 5.91 Å². The van der Waals surface area contributed by atoms with Crippen LogP contribution in [0.3, 0.4) is 0 Å². The first-order valence-corrected chi connectivity index (χ1v) is 8.16. The van der Waals surface area contributed by atoms with Crippen LogP contribution in [0.4, 0.5) is 0 Å². The molecule has 1 aliphatic heterocycles. The van der Waals surface area contributed by atoms with Gasteiger partial charge in [-0.25, -0.2) is 0 Å². The topological polar surface area (TPSA) is 58.6 Å². The van der Waals surface area contributed by atoms with Gasteiger partial charge in [0.25, 0.3) is 0 Å². The van der Waals surface area contributed by atoms with Crippen LogP contribution in [0, 0.1) is 11.8 Å². The fraction of sp³-hybridized carbons (Fsp3) is 0.611. The molecule has 0 spiro atoms. The van der Waals surface area contributed by atoms with Gasteiger partial charge in [0.2, 0.25) is 5.91 Å². The predicted octanol–water partition coefficient (Wildman–Crippen LogP) is 2.68. The van der Waals surface area contributed by atoms with E-state index in [2.05, 4.69) is 5.32 Å². The molecule has 22 heavy (non-hydrogen) atoms. The molecular formula is C18H27NO3. The van der Waals surface area contributed by atoms with Crippen LogP contribution in [0.25, 0.3) is 0 Å². The molecule has 1 fully saturated rings. The van der Waals surface area contributed by atoms with Gasteiger partial charge in [-0.05, 0) is 30.2 Å². The van der Waals surface area contributed by atoms with Gasteiger partial charge in [0, 0.05) is 13.2 Å². The average molecular weight is 305 g/mol. The minimum atomic E-state index is -0.591. The van der Waals surface area contributed by atoms with Crippen LogP contribution < -0.4 is 5.32 Å². The molecule has 0 saturated carbocycles. The highest BCUT2D eigenvalue weighted by Gasteiger charge is 2.24. The van der Waals surface area contributed by atoms with E-state index in [4.69, 9.17) is 4.74 Å². The average Bonchev–Trinajstić information content (AvgIpc) is 3.00. The Morgan fingerprint density at radius 1 is 1.36 bits per heavy atom. The van der Waals surface area contributed by atoms with E-state index in [0.29, 0.717) is 5.92 Å². The molecule has 0 bridgehead atoms. The quantitative estimate of drug-likeness (QED) is 0.814. The van der Waals surface area contributed by atoms with Gasteiger partial charge >= 0.3 is 0 Å². The van der Waals surface area contributed by atoms with E-state index in [1.54, 1.807) is 0 Å². The number of rotatable bonds is 7. The minimum Gasteiger partial charge on any atom is -0.392 e. The summed E-state index contributed by atoms with van der Waals surface area (Å²) in [6, 6.07) is 10.0. The third-order valence-corrected chi connectivity index (χ3v) is 4.29. The lowest BCUT2D eigenvalue weighted by Gasteiger charge is -2.23. The molecule has 4 nitrogen and oxygen atoms in total. The number of hydrogen-bond donors (Lipinski definition) is 2. The molecule has 1 aromatic rings. The maximum atomic E-state index is 12.2. The number of carbonyl (C=O) groups is 1. The van der Waals surface area contributed by atoms with Crippen molar-refractivity contribution in [2.24, 2.45) is 11.8 Å². The number of ether oxygens (including phenoxy) is 1. The third kappa shape index (κ3) is 5.11. The Bertz CT molecular complexity index is 455. The van der Waals surface area contributed by atoms with Crippen LogP contribution in [0.15, 0.2) is 30.3 Å². The largest absolute Gasteiger partial charge is 0.392 e. The van der Waals surface area contributed by atoms with E-state index in [9.17, 15) is 9.90 Å². The highest BCUT2D eigenvalue weighted by Crippen LogP contribution is 2.26. The van der Waals surface area contributed by atoms with Crippen LogP contribution in [0.2, 0.25) is 0 Å². The molecule has 1 aromatic carbocycles. The lowest BCUT2D eigenvalue weighted by molar-refractivity contribution is -0.124. The van der Waals surface area contributed by atoms with Crippen molar-refractivity contribution in [1.82, 2.24) is 5.32 Å². The molecule has 122 valence electrons. The molecule has 3 atom stereocenters. The number of amides is 1. The van der Waals surface area contributed by atoms with E-state index < -0.39 is 6.10 Å². The van der Waals surface area contributed by atoms with Gasteiger partial charge in [-0.15, -0.1) is 0 Å². The molecule has 0 aliphatic carbocycles. The lowest BCUT2D eigenvalue weighted by Crippen LogP contribution is -2.33. The van der Waals surface area contributed by atoms with Crippen molar-refractivity contribution in [2.45, 2.75) is 45.3 Å². The van der Waals surface area contributed by atoms with E-state index in [1.807, 2.05) is 44.2 Å². The lowest BCUT2D eigenvalue weighted by atomic mass is 9.93. The Morgan fingerprint density at radius 2 is 2.09 bits per heavy atom. The summed E-state index contributed by atoms with van der Waals surface area (Å²) in [5, 5.41) is 13.0. The summed E-state index contributed by atoms with van der Waals surface area (Å²) in [6.07, 6.45) is 1.50. The number of benzene rings is 1. The van der Waals surface area contributed by atoms with E-state index >= 15 is 0 Å². The molecule has 3 unspecified atom stereocenters. The summed E-state index contributed by atoms with van der Waals surface area (Å²) in [6.45, 7) is 5.42. The van der Waals surface area contributed by atoms with Crippen molar-refractivity contribution < 1.29 is 14.6 Å². The number of hydrogen-bond acceptors (Lipinski definition) is 3. The SMILES string of the molecule is CC(C)C(O)CC(=O)NC(CC1CCOC1)c1ccccc1. The van der Waals surface area contributed by atoms with Crippen LogP contribution in [0.5, 0.6) is 0 Å². The van der Waals surface area contributed by atoms with E-state index in [1.165, 1.54) is 0 Å². The first-order valence-electron chi connectivity index (χ1n) is 8.16. The van der Waals surface area contributed by atoms with Crippen molar-refractivity contribution in [2.75, 3.05) is 13.2 Å². The molecule has 0 radical (unpaired) electrons. The van der Waals surface area contributed by atoms with Crippen LogP contribution >= 0.6 is 0 Å². The zero-order valence-electron chi connectivity index (χ0n) is 13.5. The van der Waals surface area contributed by atoms with Crippen molar-refractivity contribution in [3.05, 3.63) is 35.9 Å². The van der Waals surface area contributed by atoms with E-state index in [-0.39, 0.29) is 24.3 Å². The number of aliphatic hydroxyl groups excluding tert-OH is 1. The second kappa shape index (κ2) is 8.30. The van der Waals surface area contributed by atoms with Crippen LogP contribution in [-0.2, 0) is 9.53 Å². The zero-order chi connectivity index (χ0) is 15.9. The standard InChI is InChI=1S/C18H27NO3/c1-13(2)17(20)11-18(21)19-16(10-14-8-9-22-12-14)15-6-4-3-5-7-15/h3-7,13-14,16-17,20H,8-12H2,1-2H3,(H,19,21). The Balaban J connectivity index is 1.99. The summed E-state index contributed by atoms with van der Waals surface area (Å²) >= 11 is 0. The van der Waals surface area contributed by atoms with Crippen LogP contribution in [-0.4, -0.2) is 30.3 Å². The number of nitrogens with one attached hydrogen (secondary N) is 1. The van der Waals surface area contributed by atoms with Crippen LogP contribution in [0.1, 0.15) is 44.7 Å². The molecule has 2 rings (SSSR count). The molecule has 4 heteroatoms. The maximum Gasteiger partial charge on any atom is 0.223 e. The second-order valence-corrected chi connectivity index (χ2v) is 6.51. The number of carbonyl (C=O) groups excluding carboxylic acids is 1. The Labute approximate surface area is 132 Å². The Morgan fingerprint density at radius 3 is 2.68 bits per heavy atom. The van der Waals surface area contributed by atoms with Gasteiger partial charge in [-0.1, -0.05) is 44.2 Å². The highest BCUT2D eigenvalue weighted by molar-refractivity contribution is 5.77. The van der Waals surface area contributed by atoms with Gasteiger partial charge < -0.3 is 15.2 Å². The van der Waals surface area contributed by atoms with Gasteiger partial charge in [0.05, 0.1) is 18.6 Å². The molecule has 1 aliphatic rings. The fourth-order valence-electron chi connectivity index (χ4n) is 2.75. The predicted molar refractivity (Wildman–Crippen MR) is 86.3 cm³/mol. The van der Waals surface area contributed by atoms with Gasteiger partial charge in [-0.3, -0.25) is 4.79 Å². The van der Waals surface area contributed by atoms with Crippen molar-refractivity contribution in [1.29, 1.82) is 0 Å². The van der Waals surface area contributed by atoms with Gasteiger partial charge in [0.1, 0.15) is 0 Å². The fourth-order valence-corrected chi connectivity index (χ4v) is 2.75. The molecule has 1 saturated heterocycles. The molecular weight excluding hydrogens is 278 g/mol. The first-order chi connectivity index (χ1) is 10.6. The molecule has 0 aromatic heterocycles. The van der Waals surface area contributed by atoms with E-state index in [0.717, 1.165) is 31.6 Å². The smallest absolute Gasteiger partial charge is 0.223 e. The van der Waals surface area contributed by atoms with Gasteiger partial charge in [-0.2, -0.15) is 0 Å². The summed E-state index contributed by atoms with van der Waals surface area (Å²) in [7, 11) is 0. The highest BCUT2D eigenvalue weighted by atomic mass is 16.5. The second-order valence-electron chi connectivity index (χ2n) is 6.51. The van der Waals surface area contributed by atoms with Crippen molar-refractivity contribution in [3.63, 3.8) is 0 Å².